The fourth-order valence-electron chi connectivity index (χ4n) is 8.59. The molecular weight excluding hydrogens is 950 g/mol. The van der Waals surface area contributed by atoms with Gasteiger partial charge in [-0.05, 0) is 130 Å². The molecular formula is C58H60N3OPt-. The molecule has 0 aliphatic heterocycles. The van der Waals surface area contributed by atoms with Crippen molar-refractivity contribution in [3.63, 3.8) is 0 Å². The number of rotatable bonds is 9. The number of imidazole rings is 1. The number of pyridine rings is 1. The zero-order valence-corrected chi connectivity index (χ0v) is 40.5. The Bertz CT molecular complexity index is 3180. The molecule has 6 aromatic carbocycles. The number of phenolic OH excluding ortho intramolecular Hbond substituents is 1. The molecule has 0 aliphatic rings. The van der Waals surface area contributed by atoms with Gasteiger partial charge in [-0.3, -0.25) is 9.55 Å². The number of nitrogens with zero attached hydrogens (tertiary/aromatic N) is 3. The summed E-state index contributed by atoms with van der Waals surface area (Å²) in [5.41, 5.74) is 14.3. The number of aromatic hydroxyl groups is 1. The van der Waals surface area contributed by atoms with Gasteiger partial charge in [0.1, 0.15) is 11.6 Å². The second kappa shape index (κ2) is 17.9. The maximum absolute atomic E-state index is 11.8. The Balaban J connectivity index is 0.00000684. The van der Waals surface area contributed by atoms with Gasteiger partial charge >= 0.3 is 0 Å². The summed E-state index contributed by atoms with van der Waals surface area (Å²) in [7, 11) is 0. The minimum Gasteiger partial charge on any atom is -0.507 e. The third-order valence-corrected chi connectivity index (χ3v) is 12.0. The van der Waals surface area contributed by atoms with Gasteiger partial charge in [-0.1, -0.05) is 146 Å². The predicted octanol–water partition coefficient (Wildman–Crippen LogP) is 15.9. The van der Waals surface area contributed by atoms with E-state index in [1.807, 2.05) is 125 Å². The molecule has 8 aromatic rings. The Morgan fingerprint density at radius 3 is 2.08 bits per heavy atom. The summed E-state index contributed by atoms with van der Waals surface area (Å²) in [6, 6.07) is 41.6. The Kier molecular flexibility index (Phi) is 11.1. The van der Waals surface area contributed by atoms with Crippen LogP contribution in [0.5, 0.6) is 5.75 Å². The van der Waals surface area contributed by atoms with Gasteiger partial charge in [0.05, 0.1) is 22.3 Å². The summed E-state index contributed by atoms with van der Waals surface area (Å²) < 4.78 is 46.6. The zero-order valence-electron chi connectivity index (χ0n) is 43.2. The molecule has 5 heteroatoms. The molecule has 0 saturated carbocycles. The number of aromatic nitrogens is 3. The minimum absolute atomic E-state index is 0. The molecule has 0 radical (unpaired) electrons. The summed E-state index contributed by atoms with van der Waals surface area (Å²) in [5, 5.41) is 11.8. The number of phenols is 1. The van der Waals surface area contributed by atoms with E-state index < -0.39 is 18.6 Å². The summed E-state index contributed by atoms with van der Waals surface area (Å²) in [5.74, 6) is -1.06. The van der Waals surface area contributed by atoms with Crippen LogP contribution in [0.25, 0.3) is 72.7 Å². The number of aryl methyl sites for hydroxylation is 3. The molecule has 0 bridgehead atoms. The van der Waals surface area contributed by atoms with E-state index in [1.54, 1.807) is 6.07 Å². The van der Waals surface area contributed by atoms with Gasteiger partial charge in [0, 0.05) is 39.8 Å². The number of hydrogen-bond donors (Lipinski definition) is 1. The van der Waals surface area contributed by atoms with Crippen molar-refractivity contribution in [3.8, 4) is 67.5 Å². The van der Waals surface area contributed by atoms with Crippen LogP contribution in [0.2, 0.25) is 0 Å². The molecule has 4 nitrogen and oxygen atoms in total. The molecule has 0 aliphatic carbocycles. The van der Waals surface area contributed by atoms with Crippen molar-refractivity contribution < 1.29 is 33.0 Å². The molecule has 324 valence electrons. The standard InChI is InChI=1S/C58H60N3O.Pt/c1-34(2)40-19-21-41(22-20-40)42-25-26-59-51(33-42)45-30-44(31-46(32-45)58(10,11)12)49-17-14-18-53-55(49)60-57(50-28-37(7)27-39(9)56(50)62)61(53)52-24-23-43(29-38(52)8)54-47(35(3)4)15-13-16-48(54)36(5)6;/h13-29,31-36,62H,1-12H3;/q-1;/i8D3,34D,35D;. The van der Waals surface area contributed by atoms with Gasteiger partial charge in [-0.2, -0.15) is 0 Å². The Morgan fingerprint density at radius 2 is 1.40 bits per heavy atom. The van der Waals surface area contributed by atoms with Crippen LogP contribution in [0, 0.1) is 26.8 Å². The first-order valence-electron chi connectivity index (χ1n) is 24.1. The maximum Gasteiger partial charge on any atom is 0.148 e. The minimum atomic E-state index is -2.56. The molecule has 0 unspecified atom stereocenters. The van der Waals surface area contributed by atoms with E-state index in [0.717, 1.165) is 72.5 Å². The fourth-order valence-corrected chi connectivity index (χ4v) is 8.59. The van der Waals surface area contributed by atoms with Gasteiger partial charge in [-0.15, -0.1) is 29.3 Å². The van der Waals surface area contributed by atoms with Crippen LogP contribution < -0.4 is 0 Å². The third-order valence-electron chi connectivity index (χ3n) is 12.0. The van der Waals surface area contributed by atoms with E-state index in [0.29, 0.717) is 33.7 Å². The van der Waals surface area contributed by atoms with Crippen molar-refractivity contribution in [1.82, 2.24) is 14.5 Å². The van der Waals surface area contributed by atoms with Gasteiger partial charge in [-0.25, -0.2) is 4.98 Å². The Labute approximate surface area is 396 Å². The summed E-state index contributed by atoms with van der Waals surface area (Å²) in [6.45, 7) is 19.5. The van der Waals surface area contributed by atoms with Crippen molar-refractivity contribution >= 4 is 11.0 Å². The topological polar surface area (TPSA) is 50.9 Å². The normalized spacial score (nSPS) is 13.6. The van der Waals surface area contributed by atoms with Gasteiger partial charge in [0.15, 0.2) is 0 Å². The fraction of sp³-hybridized carbons (Fsp3) is 0.276. The summed E-state index contributed by atoms with van der Waals surface area (Å²) in [4.78, 5) is 10.2. The van der Waals surface area contributed by atoms with E-state index >= 15 is 0 Å². The van der Waals surface area contributed by atoms with Crippen LogP contribution in [-0.2, 0) is 26.5 Å². The molecule has 0 fully saturated rings. The van der Waals surface area contributed by atoms with Crippen molar-refractivity contribution in [1.29, 1.82) is 0 Å². The largest absolute Gasteiger partial charge is 0.507 e. The van der Waals surface area contributed by atoms with Crippen LogP contribution in [0.1, 0.15) is 126 Å². The maximum atomic E-state index is 11.8. The first-order valence-corrected chi connectivity index (χ1v) is 21.6. The quantitative estimate of drug-likeness (QED) is 0.147. The monoisotopic (exact) mass is 1010 g/mol. The van der Waals surface area contributed by atoms with E-state index in [2.05, 4.69) is 77.1 Å². The molecule has 0 saturated heterocycles. The van der Waals surface area contributed by atoms with E-state index in [9.17, 15) is 5.11 Å². The molecule has 2 aromatic heterocycles. The first kappa shape index (κ1) is 39.1. The van der Waals surface area contributed by atoms with E-state index in [-0.39, 0.29) is 43.7 Å². The number of para-hydroxylation sites is 1. The summed E-state index contributed by atoms with van der Waals surface area (Å²) in [6.07, 6.45) is 1.82. The first-order chi connectivity index (χ1) is 31.3. The Morgan fingerprint density at radius 1 is 0.698 bits per heavy atom. The Hall–Kier alpha value is -5.57. The molecule has 0 amide bonds. The number of fused-ring (bicyclic) bond motifs is 1. The molecule has 0 spiro atoms. The SMILES string of the molecule is [2H]C([2H])([2H])c1cc(-c2c(C(C)C)cccc2C([2H])(C)C)ccc1-n1c(-c2cc(C)cc(C)c2O)nc2c(-c3[c-]c(-c4cc(-c5ccc(C([2H])(C)C)cc5)ccn4)cc(C(C)(C)C)c3)cccc21.[Pt]. The van der Waals surface area contributed by atoms with Crippen molar-refractivity contribution in [3.05, 3.63) is 166 Å². The molecule has 1 N–H and O–H groups in total. The third kappa shape index (κ3) is 8.85. The van der Waals surface area contributed by atoms with E-state index in [4.69, 9.17) is 16.8 Å². The van der Waals surface area contributed by atoms with Crippen LogP contribution in [0.15, 0.2) is 121 Å². The second-order valence-electron chi connectivity index (χ2n) is 18.5. The average Bonchev–Trinajstić information content (AvgIpc) is 3.65. The van der Waals surface area contributed by atoms with Gasteiger partial charge in [0.25, 0.3) is 0 Å². The van der Waals surface area contributed by atoms with Crippen LogP contribution in [0.3, 0.4) is 0 Å². The zero-order chi connectivity index (χ0) is 48.5. The molecule has 8 rings (SSSR count). The van der Waals surface area contributed by atoms with E-state index in [1.165, 1.54) is 0 Å². The number of benzene rings is 6. The molecule has 0 atom stereocenters. The molecule has 63 heavy (non-hydrogen) atoms. The van der Waals surface area contributed by atoms with Crippen molar-refractivity contribution in [2.24, 2.45) is 0 Å². The predicted molar refractivity (Wildman–Crippen MR) is 262 cm³/mol. The average molecular weight is 1020 g/mol. The number of hydrogen-bond acceptors (Lipinski definition) is 3. The van der Waals surface area contributed by atoms with Crippen LogP contribution >= 0.6 is 0 Å². The summed E-state index contributed by atoms with van der Waals surface area (Å²) >= 11 is 0. The smallest absolute Gasteiger partial charge is 0.148 e. The molecule has 2 heterocycles. The van der Waals surface area contributed by atoms with Gasteiger partial charge < -0.3 is 5.11 Å². The van der Waals surface area contributed by atoms with Gasteiger partial charge in [0.2, 0.25) is 0 Å². The van der Waals surface area contributed by atoms with Crippen molar-refractivity contribution in [2.45, 2.75) is 106 Å². The van der Waals surface area contributed by atoms with Crippen molar-refractivity contribution in [2.75, 3.05) is 0 Å². The second-order valence-corrected chi connectivity index (χ2v) is 18.5. The van der Waals surface area contributed by atoms with Crippen LogP contribution in [-0.4, -0.2) is 19.6 Å². The van der Waals surface area contributed by atoms with Crippen LogP contribution in [0.4, 0.5) is 0 Å².